The lowest BCUT2D eigenvalue weighted by Crippen LogP contribution is -2.36. The van der Waals surface area contributed by atoms with E-state index in [0.29, 0.717) is 19.7 Å². The number of aliphatic imine (C=N–C) groups is 1. The summed E-state index contributed by atoms with van der Waals surface area (Å²) < 4.78 is 5.71. The molecule has 0 saturated heterocycles. The molecular weight excluding hydrogens is 475 g/mol. The Hall–Kier alpha value is -2.22. The van der Waals surface area contributed by atoms with Crippen LogP contribution in [0.1, 0.15) is 25.0 Å². The van der Waals surface area contributed by atoms with Gasteiger partial charge >= 0.3 is 0 Å². The lowest BCUT2D eigenvalue weighted by atomic mass is 10.2. The van der Waals surface area contributed by atoms with Gasteiger partial charge in [-0.25, -0.2) is 4.99 Å². The van der Waals surface area contributed by atoms with E-state index in [2.05, 4.69) is 64.9 Å². The molecule has 1 heterocycles. The first-order valence-electron chi connectivity index (χ1n) is 10.0. The lowest BCUT2D eigenvalue weighted by molar-refractivity contribution is 0.336. The van der Waals surface area contributed by atoms with Crippen molar-refractivity contribution >= 4 is 35.6 Å². The topological polar surface area (TPSA) is 48.9 Å². The minimum Gasteiger partial charge on any atom is -0.494 e. The summed E-state index contributed by atoms with van der Waals surface area (Å²) in [6.45, 7) is 8.83. The molecule has 0 fully saturated rings. The first-order chi connectivity index (χ1) is 13.8. The quantitative estimate of drug-likeness (QED) is 0.242. The summed E-state index contributed by atoms with van der Waals surface area (Å²) in [5.74, 6) is 1.72. The van der Waals surface area contributed by atoms with Crippen molar-refractivity contribution in [3.05, 3.63) is 71.8 Å². The Labute approximate surface area is 191 Å². The fourth-order valence-electron chi connectivity index (χ4n) is 3.18. The predicted molar refractivity (Wildman–Crippen MR) is 132 cm³/mol. The molecule has 2 N–H and O–H groups in total. The van der Waals surface area contributed by atoms with Gasteiger partial charge in [0.05, 0.1) is 13.2 Å². The van der Waals surface area contributed by atoms with Crippen LogP contribution in [0, 0.1) is 0 Å². The lowest BCUT2D eigenvalue weighted by Gasteiger charge is -2.18. The van der Waals surface area contributed by atoms with E-state index < -0.39 is 0 Å². The summed E-state index contributed by atoms with van der Waals surface area (Å²) in [5, 5.41) is 6.74. The van der Waals surface area contributed by atoms with E-state index in [1.165, 1.54) is 11.3 Å². The predicted octanol–water partition coefficient (Wildman–Crippen LogP) is 4.33. The standard InChI is InChI=1S/C23H30N4O.HI/c1-3-24-23(26-18-20-11-5-6-13-22(20)28-4-2)25-17-19-10-9-12-21(16-19)27-14-7-8-15-27;/h5-13,16H,3-4,14-15,17-18H2,1-2H3,(H2,24,25,26);1H. The number of nitrogens with zero attached hydrogens (tertiary/aromatic N) is 2. The minimum absolute atomic E-state index is 0. The fourth-order valence-corrected chi connectivity index (χ4v) is 3.18. The van der Waals surface area contributed by atoms with Gasteiger partial charge in [-0.15, -0.1) is 24.0 Å². The first kappa shape index (κ1) is 23.1. The highest BCUT2D eigenvalue weighted by Gasteiger charge is 2.08. The van der Waals surface area contributed by atoms with Crippen LogP contribution in [0.15, 0.2) is 65.7 Å². The molecule has 0 unspecified atom stereocenters. The number of benzene rings is 2. The molecule has 2 aromatic carbocycles. The van der Waals surface area contributed by atoms with Gasteiger partial charge in [0, 0.05) is 37.4 Å². The molecule has 1 aliphatic rings. The largest absolute Gasteiger partial charge is 0.494 e. The number of hydrogen-bond acceptors (Lipinski definition) is 3. The van der Waals surface area contributed by atoms with Crippen LogP contribution in [0.2, 0.25) is 0 Å². The van der Waals surface area contributed by atoms with Crippen LogP contribution < -0.4 is 20.3 Å². The molecule has 6 heteroatoms. The zero-order valence-electron chi connectivity index (χ0n) is 17.2. The second-order valence-corrected chi connectivity index (χ2v) is 6.64. The van der Waals surface area contributed by atoms with Crippen molar-refractivity contribution in [2.75, 3.05) is 31.1 Å². The van der Waals surface area contributed by atoms with Crippen molar-refractivity contribution in [1.29, 1.82) is 0 Å². The van der Waals surface area contributed by atoms with Crippen LogP contribution >= 0.6 is 24.0 Å². The highest BCUT2D eigenvalue weighted by molar-refractivity contribution is 14.0. The second-order valence-electron chi connectivity index (χ2n) is 6.64. The Balaban J connectivity index is 0.00000300. The van der Waals surface area contributed by atoms with Crippen molar-refractivity contribution in [3.63, 3.8) is 0 Å². The molecule has 2 aromatic rings. The smallest absolute Gasteiger partial charge is 0.191 e. The van der Waals surface area contributed by atoms with Crippen molar-refractivity contribution in [1.82, 2.24) is 10.6 Å². The molecule has 0 bridgehead atoms. The number of guanidine groups is 1. The Bertz CT molecular complexity index is 814. The van der Waals surface area contributed by atoms with Gasteiger partial charge in [-0.3, -0.25) is 0 Å². The van der Waals surface area contributed by atoms with Gasteiger partial charge in [-0.2, -0.15) is 0 Å². The molecule has 156 valence electrons. The van der Waals surface area contributed by atoms with Crippen LogP contribution in [-0.4, -0.2) is 32.2 Å². The van der Waals surface area contributed by atoms with Crippen molar-refractivity contribution < 1.29 is 4.74 Å². The SMILES string of the molecule is CCNC(=NCc1cccc(N2CC=CC2)c1)NCc1ccccc1OCC.I. The zero-order chi connectivity index (χ0) is 19.6. The van der Waals surface area contributed by atoms with E-state index in [9.17, 15) is 0 Å². The second kappa shape index (κ2) is 12.4. The average Bonchev–Trinajstić information content (AvgIpc) is 3.26. The molecule has 3 rings (SSSR count). The minimum atomic E-state index is 0. The Morgan fingerprint density at radius 2 is 1.83 bits per heavy atom. The molecule has 0 amide bonds. The monoisotopic (exact) mass is 506 g/mol. The molecule has 1 aliphatic heterocycles. The maximum atomic E-state index is 5.71. The molecule has 5 nitrogen and oxygen atoms in total. The molecular formula is C23H31IN4O. The van der Waals surface area contributed by atoms with E-state index in [4.69, 9.17) is 9.73 Å². The summed E-state index contributed by atoms with van der Waals surface area (Å²) in [6, 6.07) is 16.7. The molecule has 29 heavy (non-hydrogen) atoms. The molecule has 0 aliphatic carbocycles. The van der Waals surface area contributed by atoms with Gasteiger partial charge in [0.15, 0.2) is 5.96 Å². The van der Waals surface area contributed by atoms with Gasteiger partial charge in [0.25, 0.3) is 0 Å². The van der Waals surface area contributed by atoms with Gasteiger partial charge in [-0.05, 0) is 37.6 Å². The normalized spacial score (nSPS) is 13.2. The van der Waals surface area contributed by atoms with E-state index in [0.717, 1.165) is 36.9 Å². The molecule has 0 aromatic heterocycles. The van der Waals surface area contributed by atoms with Gasteiger partial charge in [0.2, 0.25) is 0 Å². The maximum Gasteiger partial charge on any atom is 0.191 e. The summed E-state index contributed by atoms with van der Waals surface area (Å²) in [5.41, 5.74) is 3.58. The van der Waals surface area contributed by atoms with Crippen LogP contribution in [0.5, 0.6) is 5.75 Å². The number of ether oxygens (including phenoxy) is 1. The third kappa shape index (κ3) is 6.96. The first-order valence-corrected chi connectivity index (χ1v) is 10.0. The van der Waals surface area contributed by atoms with Gasteiger partial charge < -0.3 is 20.3 Å². The molecule has 0 saturated carbocycles. The number of hydrogen-bond donors (Lipinski definition) is 2. The Morgan fingerprint density at radius 3 is 2.59 bits per heavy atom. The highest BCUT2D eigenvalue weighted by Crippen LogP contribution is 2.19. The number of anilines is 1. The van der Waals surface area contributed by atoms with Crippen LogP contribution in [-0.2, 0) is 13.1 Å². The summed E-state index contributed by atoms with van der Waals surface area (Å²) in [7, 11) is 0. The highest BCUT2D eigenvalue weighted by atomic mass is 127. The number of halogens is 1. The third-order valence-corrected chi connectivity index (χ3v) is 4.58. The molecule has 0 atom stereocenters. The van der Waals surface area contributed by atoms with Crippen LogP contribution in [0.25, 0.3) is 0 Å². The van der Waals surface area contributed by atoms with Gasteiger partial charge in [0.1, 0.15) is 5.75 Å². The fraction of sp³-hybridized carbons (Fsp3) is 0.348. The van der Waals surface area contributed by atoms with E-state index in [1.807, 2.05) is 25.1 Å². The van der Waals surface area contributed by atoms with Crippen LogP contribution in [0.4, 0.5) is 5.69 Å². The number of rotatable bonds is 8. The van der Waals surface area contributed by atoms with E-state index in [1.54, 1.807) is 0 Å². The Morgan fingerprint density at radius 1 is 1.03 bits per heavy atom. The maximum absolute atomic E-state index is 5.71. The summed E-state index contributed by atoms with van der Waals surface area (Å²) >= 11 is 0. The number of nitrogens with one attached hydrogen (secondary N) is 2. The van der Waals surface area contributed by atoms with Crippen molar-refractivity contribution in [2.45, 2.75) is 26.9 Å². The molecule has 0 spiro atoms. The van der Waals surface area contributed by atoms with Crippen molar-refractivity contribution in [3.8, 4) is 5.75 Å². The van der Waals surface area contributed by atoms with E-state index in [-0.39, 0.29) is 24.0 Å². The number of para-hydroxylation sites is 1. The summed E-state index contributed by atoms with van der Waals surface area (Å²) in [4.78, 5) is 7.11. The zero-order valence-corrected chi connectivity index (χ0v) is 19.6. The Kier molecular flexibility index (Phi) is 9.83. The van der Waals surface area contributed by atoms with Gasteiger partial charge in [-0.1, -0.05) is 42.5 Å². The average molecular weight is 506 g/mol. The molecule has 0 radical (unpaired) electrons. The van der Waals surface area contributed by atoms with Crippen LogP contribution in [0.3, 0.4) is 0 Å². The van der Waals surface area contributed by atoms with Crippen molar-refractivity contribution in [2.24, 2.45) is 4.99 Å². The van der Waals surface area contributed by atoms with E-state index >= 15 is 0 Å². The summed E-state index contributed by atoms with van der Waals surface area (Å²) in [6.07, 6.45) is 4.41. The third-order valence-electron chi connectivity index (χ3n) is 4.58.